The highest BCUT2D eigenvalue weighted by atomic mass is 79.9. The Morgan fingerprint density at radius 3 is 2.79 bits per heavy atom. The number of carbonyl (C=O) groups is 1. The van der Waals surface area contributed by atoms with Crippen molar-refractivity contribution in [1.82, 2.24) is 20.2 Å². The highest BCUT2D eigenvalue weighted by Crippen LogP contribution is 2.33. The van der Waals surface area contributed by atoms with Gasteiger partial charge >= 0.3 is 0 Å². The number of aromatic amines is 1. The number of hydrogen-bond acceptors (Lipinski definition) is 5. The summed E-state index contributed by atoms with van der Waals surface area (Å²) in [5.41, 5.74) is 5.66. The molecular formula is C25H31BrN4O3. The van der Waals surface area contributed by atoms with Gasteiger partial charge in [-0.15, -0.1) is 0 Å². The Hall–Kier alpha value is -2.42. The second-order valence-corrected chi connectivity index (χ2v) is 9.15. The van der Waals surface area contributed by atoms with Crippen molar-refractivity contribution >= 4 is 32.9 Å². The van der Waals surface area contributed by atoms with Gasteiger partial charge in [0, 0.05) is 29.7 Å². The summed E-state index contributed by atoms with van der Waals surface area (Å²) < 4.78 is 12.3. The molecule has 4 rings (SSSR count). The Balaban J connectivity index is 1.48. The fourth-order valence-corrected chi connectivity index (χ4v) is 4.58. The minimum absolute atomic E-state index is 0.0931. The lowest BCUT2D eigenvalue weighted by atomic mass is 10.1. The van der Waals surface area contributed by atoms with Gasteiger partial charge in [0.05, 0.1) is 36.4 Å². The third kappa shape index (κ3) is 5.39. The van der Waals surface area contributed by atoms with Crippen molar-refractivity contribution in [3.8, 4) is 17.1 Å². The quantitative estimate of drug-likeness (QED) is 0.433. The lowest BCUT2D eigenvalue weighted by Crippen LogP contribution is -2.38. The number of aryl methyl sites for hydroxylation is 1. The van der Waals surface area contributed by atoms with Crippen LogP contribution in [-0.2, 0) is 4.74 Å². The first kappa shape index (κ1) is 23.7. The number of H-pyrrole nitrogens is 1. The van der Waals surface area contributed by atoms with E-state index in [0.717, 1.165) is 71.7 Å². The number of hydrogen-bond donors (Lipinski definition) is 2. The maximum atomic E-state index is 12.7. The number of ether oxygens (including phenoxy) is 2. The van der Waals surface area contributed by atoms with Crippen molar-refractivity contribution in [3.63, 3.8) is 0 Å². The van der Waals surface area contributed by atoms with Crippen molar-refractivity contribution in [2.45, 2.75) is 27.2 Å². The Morgan fingerprint density at radius 1 is 1.24 bits per heavy atom. The standard InChI is InChI=1S/C25H31BrN4O3/c1-4-33-22-14-18(25(31)27-8-5-9-30-10-12-32-13-11-30)6-7-19(22)24-28-21-15-20(26)16(2)17(3)23(21)29-24/h6-7,14-15H,4-5,8-13H2,1-3H3,(H,27,31)(H,28,29). The van der Waals surface area contributed by atoms with Gasteiger partial charge in [0.2, 0.25) is 0 Å². The zero-order chi connectivity index (χ0) is 23.4. The van der Waals surface area contributed by atoms with E-state index in [9.17, 15) is 4.79 Å². The highest BCUT2D eigenvalue weighted by molar-refractivity contribution is 9.10. The smallest absolute Gasteiger partial charge is 0.251 e. The van der Waals surface area contributed by atoms with Gasteiger partial charge in [-0.3, -0.25) is 9.69 Å². The summed E-state index contributed by atoms with van der Waals surface area (Å²) in [5.74, 6) is 1.28. The molecule has 0 bridgehead atoms. The van der Waals surface area contributed by atoms with Gasteiger partial charge in [0.15, 0.2) is 0 Å². The monoisotopic (exact) mass is 514 g/mol. The number of morpholine rings is 1. The first-order valence-electron chi connectivity index (χ1n) is 11.5. The number of rotatable bonds is 8. The second-order valence-electron chi connectivity index (χ2n) is 8.30. The molecule has 2 N–H and O–H groups in total. The molecule has 1 amide bonds. The molecule has 0 atom stereocenters. The van der Waals surface area contributed by atoms with E-state index in [1.54, 1.807) is 6.07 Å². The molecule has 1 fully saturated rings. The molecule has 1 saturated heterocycles. The van der Waals surface area contributed by atoms with Crippen molar-refractivity contribution in [3.05, 3.63) is 45.4 Å². The van der Waals surface area contributed by atoms with Crippen LogP contribution in [-0.4, -0.2) is 66.8 Å². The molecule has 0 radical (unpaired) electrons. The van der Waals surface area contributed by atoms with Crippen LogP contribution in [0.4, 0.5) is 0 Å². The van der Waals surface area contributed by atoms with Crippen molar-refractivity contribution < 1.29 is 14.3 Å². The van der Waals surface area contributed by atoms with Gasteiger partial charge in [0.1, 0.15) is 11.6 Å². The van der Waals surface area contributed by atoms with Crippen LogP contribution in [0.25, 0.3) is 22.4 Å². The molecule has 0 saturated carbocycles. The summed E-state index contributed by atoms with van der Waals surface area (Å²) in [6, 6.07) is 7.56. The molecule has 7 nitrogen and oxygen atoms in total. The molecule has 2 aromatic carbocycles. The van der Waals surface area contributed by atoms with Crippen molar-refractivity contribution in [1.29, 1.82) is 0 Å². The average molecular weight is 515 g/mol. The van der Waals surface area contributed by atoms with E-state index in [1.807, 2.05) is 25.1 Å². The third-order valence-corrected chi connectivity index (χ3v) is 6.95. The minimum atomic E-state index is -0.0931. The molecule has 8 heteroatoms. The molecule has 0 unspecified atom stereocenters. The van der Waals surface area contributed by atoms with Crippen LogP contribution >= 0.6 is 15.9 Å². The first-order valence-corrected chi connectivity index (χ1v) is 12.3. The molecular weight excluding hydrogens is 484 g/mol. The molecule has 3 aromatic rings. The Morgan fingerprint density at radius 2 is 2.03 bits per heavy atom. The van der Waals surface area contributed by atoms with E-state index in [0.29, 0.717) is 24.5 Å². The fourth-order valence-electron chi connectivity index (χ4n) is 4.07. The number of nitrogens with zero attached hydrogens (tertiary/aromatic N) is 2. The summed E-state index contributed by atoms with van der Waals surface area (Å²) in [7, 11) is 0. The highest BCUT2D eigenvalue weighted by Gasteiger charge is 2.17. The molecule has 1 aliphatic heterocycles. The lowest BCUT2D eigenvalue weighted by molar-refractivity contribution is 0.0374. The van der Waals surface area contributed by atoms with Gasteiger partial charge in [-0.2, -0.15) is 0 Å². The molecule has 0 spiro atoms. The minimum Gasteiger partial charge on any atom is -0.493 e. The lowest BCUT2D eigenvalue weighted by Gasteiger charge is -2.26. The Labute approximate surface area is 203 Å². The van der Waals surface area contributed by atoms with E-state index < -0.39 is 0 Å². The van der Waals surface area contributed by atoms with E-state index in [4.69, 9.17) is 14.5 Å². The summed E-state index contributed by atoms with van der Waals surface area (Å²) in [4.78, 5) is 23.3. The number of carbonyl (C=O) groups excluding carboxylic acids is 1. The zero-order valence-corrected chi connectivity index (χ0v) is 21.0. The summed E-state index contributed by atoms with van der Waals surface area (Å²) >= 11 is 3.61. The average Bonchev–Trinajstić information content (AvgIpc) is 3.25. The number of imidazole rings is 1. The SMILES string of the molecule is CCOc1cc(C(=O)NCCCN2CCOCC2)ccc1-c1nc2cc(Br)c(C)c(C)c2[nH]1. The van der Waals surface area contributed by atoms with Crippen LogP contribution in [0.2, 0.25) is 0 Å². The zero-order valence-electron chi connectivity index (χ0n) is 19.5. The first-order chi connectivity index (χ1) is 16.0. The molecule has 176 valence electrons. The van der Waals surface area contributed by atoms with Crippen LogP contribution < -0.4 is 10.1 Å². The van der Waals surface area contributed by atoms with E-state index >= 15 is 0 Å². The van der Waals surface area contributed by atoms with Gasteiger partial charge in [0.25, 0.3) is 5.91 Å². The van der Waals surface area contributed by atoms with Crippen LogP contribution in [0.5, 0.6) is 5.75 Å². The predicted octanol–water partition coefficient (Wildman–Crippen LogP) is 4.46. The number of benzene rings is 2. The van der Waals surface area contributed by atoms with Gasteiger partial charge in [-0.05, 0) is 69.1 Å². The Bertz CT molecular complexity index is 1140. The normalized spacial score (nSPS) is 14.5. The largest absolute Gasteiger partial charge is 0.493 e. The van der Waals surface area contributed by atoms with Gasteiger partial charge in [-0.25, -0.2) is 4.98 Å². The topological polar surface area (TPSA) is 79.5 Å². The van der Waals surface area contributed by atoms with E-state index in [-0.39, 0.29) is 5.91 Å². The summed E-state index contributed by atoms with van der Waals surface area (Å²) in [5, 5.41) is 3.03. The number of aromatic nitrogens is 2. The predicted molar refractivity (Wildman–Crippen MR) is 134 cm³/mol. The maximum Gasteiger partial charge on any atom is 0.251 e. The summed E-state index contributed by atoms with van der Waals surface area (Å²) in [6.07, 6.45) is 0.912. The number of amides is 1. The van der Waals surface area contributed by atoms with Crippen LogP contribution in [0.3, 0.4) is 0 Å². The molecule has 33 heavy (non-hydrogen) atoms. The molecule has 1 aliphatic rings. The number of halogens is 1. The van der Waals surface area contributed by atoms with Crippen LogP contribution in [0, 0.1) is 13.8 Å². The Kier molecular flexibility index (Phi) is 7.67. The van der Waals surface area contributed by atoms with Crippen molar-refractivity contribution in [2.24, 2.45) is 0 Å². The van der Waals surface area contributed by atoms with Gasteiger partial charge in [-0.1, -0.05) is 15.9 Å². The van der Waals surface area contributed by atoms with Crippen LogP contribution in [0.15, 0.2) is 28.7 Å². The molecule has 0 aliphatic carbocycles. The van der Waals surface area contributed by atoms with Crippen LogP contribution in [0.1, 0.15) is 34.8 Å². The van der Waals surface area contributed by atoms with E-state index in [1.165, 1.54) is 5.56 Å². The number of fused-ring (bicyclic) bond motifs is 1. The van der Waals surface area contributed by atoms with Gasteiger partial charge < -0.3 is 19.8 Å². The van der Waals surface area contributed by atoms with E-state index in [2.05, 4.69) is 45.0 Å². The third-order valence-electron chi connectivity index (χ3n) is 6.13. The number of nitrogens with one attached hydrogen (secondary N) is 2. The van der Waals surface area contributed by atoms with Crippen molar-refractivity contribution in [2.75, 3.05) is 46.0 Å². The maximum absolute atomic E-state index is 12.7. The summed E-state index contributed by atoms with van der Waals surface area (Å²) in [6.45, 7) is 11.7. The second kappa shape index (κ2) is 10.7. The fraction of sp³-hybridized carbons (Fsp3) is 0.440. The molecule has 2 heterocycles. The molecule has 1 aromatic heterocycles.